The van der Waals surface area contributed by atoms with Crippen molar-refractivity contribution >= 4 is 23.3 Å². The summed E-state index contributed by atoms with van der Waals surface area (Å²) in [7, 11) is 0. The largest absolute Gasteiger partial charge is 0.494 e. The molecular weight excluding hydrogens is 504 g/mol. The molecular formula is C36H50N4O. The Balaban J connectivity index is 1.18. The number of nitrogens with zero attached hydrogens (tertiary/aromatic N) is 4. The molecule has 41 heavy (non-hydrogen) atoms. The van der Waals surface area contributed by atoms with Gasteiger partial charge >= 0.3 is 0 Å². The number of pyridine rings is 1. The van der Waals surface area contributed by atoms with Crippen LogP contribution < -0.4 is 4.74 Å². The van der Waals surface area contributed by atoms with Crippen molar-refractivity contribution in [2.24, 2.45) is 15.2 Å². The third kappa shape index (κ3) is 15.3. The predicted octanol–water partition coefficient (Wildman–Crippen LogP) is 11.9. The number of hydrogen-bond acceptors (Lipinski definition) is 5. The van der Waals surface area contributed by atoms with Crippen LogP contribution in [0.2, 0.25) is 0 Å². The van der Waals surface area contributed by atoms with Crippen molar-refractivity contribution in [2.45, 2.75) is 110 Å². The van der Waals surface area contributed by atoms with Crippen LogP contribution in [0, 0.1) is 0 Å². The van der Waals surface area contributed by atoms with Crippen LogP contribution in [0.5, 0.6) is 5.75 Å². The van der Waals surface area contributed by atoms with Crippen molar-refractivity contribution < 1.29 is 4.74 Å². The predicted molar refractivity (Wildman–Crippen MR) is 174 cm³/mol. The van der Waals surface area contributed by atoms with Gasteiger partial charge in [0.05, 0.1) is 35.6 Å². The Labute approximate surface area is 248 Å². The maximum Gasteiger partial charge on any atom is 0.119 e. The number of azo groups is 1. The quantitative estimate of drug-likeness (QED) is 0.0704. The Bertz CT molecular complexity index is 1090. The molecule has 3 aromatic rings. The summed E-state index contributed by atoms with van der Waals surface area (Å²) < 4.78 is 5.92. The topological polar surface area (TPSA) is 59.2 Å². The Kier molecular flexibility index (Phi) is 16.8. The number of aromatic nitrogens is 1. The zero-order valence-corrected chi connectivity index (χ0v) is 25.2. The second kappa shape index (κ2) is 21.4. The van der Waals surface area contributed by atoms with E-state index in [0.717, 1.165) is 41.5 Å². The zero-order chi connectivity index (χ0) is 28.6. The van der Waals surface area contributed by atoms with Crippen LogP contribution in [0.15, 0.2) is 88.1 Å². The van der Waals surface area contributed by atoms with Gasteiger partial charge < -0.3 is 4.74 Å². The van der Waals surface area contributed by atoms with E-state index in [9.17, 15) is 0 Å². The normalized spacial score (nSPS) is 11.5. The molecule has 1 aromatic heterocycles. The van der Waals surface area contributed by atoms with E-state index >= 15 is 0 Å². The van der Waals surface area contributed by atoms with Crippen molar-refractivity contribution in [1.82, 2.24) is 4.98 Å². The summed E-state index contributed by atoms with van der Waals surface area (Å²) in [4.78, 5) is 8.69. The minimum atomic E-state index is 0.772. The number of rotatable bonds is 22. The highest BCUT2D eigenvalue weighted by molar-refractivity contribution is 5.79. The van der Waals surface area contributed by atoms with Crippen molar-refractivity contribution in [1.29, 1.82) is 0 Å². The molecule has 0 bridgehead atoms. The van der Waals surface area contributed by atoms with Crippen LogP contribution in [-0.4, -0.2) is 17.8 Å². The van der Waals surface area contributed by atoms with Crippen LogP contribution >= 0.6 is 0 Å². The SMILES string of the molecule is CCCCCCCCCCCCCCCCCCOc1ccc(N=Nc2ccc(N=Cc3ccccn3)cc2)cc1. The first-order valence-electron chi connectivity index (χ1n) is 16.0. The number of ether oxygens (including phenoxy) is 1. The minimum Gasteiger partial charge on any atom is -0.494 e. The lowest BCUT2D eigenvalue weighted by molar-refractivity contribution is 0.304. The first kappa shape index (κ1) is 32.2. The summed E-state index contributed by atoms with van der Waals surface area (Å²) in [6.07, 6.45) is 25.6. The lowest BCUT2D eigenvalue weighted by atomic mass is 10.0. The molecule has 5 heteroatoms. The molecule has 5 nitrogen and oxygen atoms in total. The van der Waals surface area contributed by atoms with Crippen molar-refractivity contribution in [3.8, 4) is 5.75 Å². The van der Waals surface area contributed by atoms with Crippen LogP contribution in [0.25, 0.3) is 0 Å². The molecule has 2 aromatic carbocycles. The third-order valence-electron chi connectivity index (χ3n) is 7.27. The fraction of sp³-hybridized carbons (Fsp3) is 0.500. The third-order valence-corrected chi connectivity index (χ3v) is 7.27. The van der Waals surface area contributed by atoms with Crippen LogP contribution in [0.1, 0.15) is 115 Å². The minimum absolute atomic E-state index is 0.772. The van der Waals surface area contributed by atoms with E-state index in [1.54, 1.807) is 12.4 Å². The van der Waals surface area contributed by atoms with E-state index in [1.165, 1.54) is 96.3 Å². The zero-order valence-electron chi connectivity index (χ0n) is 25.2. The highest BCUT2D eigenvalue weighted by atomic mass is 16.5. The van der Waals surface area contributed by atoms with Crippen molar-refractivity contribution in [3.05, 3.63) is 78.6 Å². The Morgan fingerprint density at radius 2 is 1.05 bits per heavy atom. The summed E-state index contributed by atoms with van der Waals surface area (Å²) >= 11 is 0. The lowest BCUT2D eigenvalue weighted by Crippen LogP contribution is -1.96. The van der Waals surface area contributed by atoms with Gasteiger partial charge in [0.15, 0.2) is 0 Å². The molecule has 0 fully saturated rings. The maximum absolute atomic E-state index is 5.92. The van der Waals surface area contributed by atoms with E-state index in [0.29, 0.717) is 0 Å². The first-order chi connectivity index (χ1) is 20.3. The maximum atomic E-state index is 5.92. The van der Waals surface area contributed by atoms with Gasteiger partial charge in [0.25, 0.3) is 0 Å². The first-order valence-corrected chi connectivity index (χ1v) is 16.0. The van der Waals surface area contributed by atoms with Gasteiger partial charge in [-0.1, -0.05) is 109 Å². The monoisotopic (exact) mass is 554 g/mol. The highest BCUT2D eigenvalue weighted by Gasteiger charge is 1.98. The molecule has 0 radical (unpaired) electrons. The van der Waals surface area contributed by atoms with Crippen LogP contribution in [0.3, 0.4) is 0 Å². The summed E-state index contributed by atoms with van der Waals surface area (Å²) in [6.45, 7) is 3.06. The average Bonchev–Trinajstić information content (AvgIpc) is 3.02. The molecule has 3 rings (SSSR count). The molecule has 0 spiro atoms. The molecule has 0 N–H and O–H groups in total. The lowest BCUT2D eigenvalue weighted by Gasteiger charge is -2.06. The van der Waals surface area contributed by atoms with Crippen molar-refractivity contribution in [3.63, 3.8) is 0 Å². The number of hydrogen-bond donors (Lipinski definition) is 0. The Hall–Kier alpha value is -3.34. The molecule has 0 aliphatic rings. The van der Waals surface area contributed by atoms with E-state index in [2.05, 4.69) is 27.1 Å². The van der Waals surface area contributed by atoms with Crippen LogP contribution in [-0.2, 0) is 0 Å². The van der Waals surface area contributed by atoms with Gasteiger partial charge in [0, 0.05) is 6.20 Å². The molecule has 1 heterocycles. The van der Waals surface area contributed by atoms with Gasteiger partial charge in [0.2, 0.25) is 0 Å². The van der Waals surface area contributed by atoms with Crippen molar-refractivity contribution in [2.75, 3.05) is 6.61 Å². The standard InChI is InChI=1S/C36H50N4O/c1-2-3-4-5-6-7-8-9-10-11-12-13-14-15-16-19-30-41-36-27-25-34(26-28-36)40-39-33-23-21-32(22-24-33)38-31-35-20-17-18-29-37-35/h17-18,20-29,31H,2-16,19,30H2,1H3. The number of unbranched alkanes of at least 4 members (excludes halogenated alkanes) is 15. The molecule has 0 amide bonds. The number of benzene rings is 2. The van der Waals surface area contributed by atoms with E-state index in [1.807, 2.05) is 66.7 Å². The smallest absolute Gasteiger partial charge is 0.119 e. The van der Waals surface area contributed by atoms with Gasteiger partial charge in [0.1, 0.15) is 5.75 Å². The molecule has 0 saturated carbocycles. The highest BCUT2D eigenvalue weighted by Crippen LogP contribution is 2.23. The second-order valence-corrected chi connectivity index (χ2v) is 10.9. The summed E-state index contributed by atoms with van der Waals surface area (Å²) in [5.74, 6) is 0.889. The van der Waals surface area contributed by atoms with E-state index in [-0.39, 0.29) is 0 Å². The van der Waals surface area contributed by atoms with Gasteiger partial charge in [-0.25, -0.2) is 0 Å². The van der Waals surface area contributed by atoms with Crippen LogP contribution in [0.4, 0.5) is 17.1 Å². The second-order valence-electron chi connectivity index (χ2n) is 10.9. The van der Waals surface area contributed by atoms with E-state index in [4.69, 9.17) is 4.74 Å². The van der Waals surface area contributed by atoms with Gasteiger partial charge in [-0.15, -0.1) is 0 Å². The summed E-state index contributed by atoms with van der Waals surface area (Å²) in [5.41, 5.74) is 3.26. The van der Waals surface area contributed by atoms with E-state index < -0.39 is 0 Å². The average molecular weight is 555 g/mol. The fourth-order valence-electron chi connectivity index (χ4n) is 4.76. The Morgan fingerprint density at radius 3 is 1.56 bits per heavy atom. The number of aliphatic imine (C=N–C) groups is 1. The molecule has 220 valence electrons. The van der Waals surface area contributed by atoms with Gasteiger partial charge in [-0.3, -0.25) is 9.98 Å². The Morgan fingerprint density at radius 1 is 0.561 bits per heavy atom. The fourth-order valence-corrected chi connectivity index (χ4v) is 4.76. The van der Waals surface area contributed by atoms with Gasteiger partial charge in [-0.05, 0) is 67.1 Å². The summed E-state index contributed by atoms with van der Waals surface area (Å²) in [5, 5.41) is 8.68. The molecule has 0 aliphatic heterocycles. The molecule has 0 aliphatic carbocycles. The molecule has 0 atom stereocenters. The van der Waals surface area contributed by atoms with Gasteiger partial charge in [-0.2, -0.15) is 10.2 Å². The summed E-state index contributed by atoms with van der Waals surface area (Å²) in [6, 6.07) is 21.2. The molecule has 0 unspecified atom stereocenters. The molecule has 0 saturated heterocycles.